The van der Waals surface area contributed by atoms with Crippen molar-refractivity contribution in [3.05, 3.63) is 94.4 Å². The van der Waals surface area contributed by atoms with Crippen LogP contribution in [0.4, 0.5) is 10.5 Å². The minimum absolute atomic E-state index is 0.221. The van der Waals surface area contributed by atoms with Gasteiger partial charge in [0.2, 0.25) is 0 Å². The van der Waals surface area contributed by atoms with Gasteiger partial charge in [-0.05, 0) is 60.7 Å². The van der Waals surface area contributed by atoms with Gasteiger partial charge in [-0.25, -0.2) is 4.90 Å². The zero-order valence-corrected chi connectivity index (χ0v) is 18.7. The maximum Gasteiger partial charge on any atom is 0.298 e. The first-order valence-electron chi connectivity index (χ1n) is 10.3. The lowest BCUT2D eigenvalue weighted by atomic mass is 10.1. The highest BCUT2D eigenvalue weighted by molar-refractivity contribution is 8.19. The Morgan fingerprint density at radius 1 is 0.970 bits per heavy atom. The van der Waals surface area contributed by atoms with E-state index in [1.165, 1.54) is 4.90 Å². The molecule has 0 N–H and O–H groups in total. The van der Waals surface area contributed by atoms with Crippen molar-refractivity contribution in [3.63, 3.8) is 0 Å². The van der Waals surface area contributed by atoms with E-state index in [1.54, 1.807) is 54.6 Å². The first-order chi connectivity index (χ1) is 16.1. The van der Waals surface area contributed by atoms with Gasteiger partial charge in [0.15, 0.2) is 11.5 Å². The molecule has 3 aromatic rings. The van der Waals surface area contributed by atoms with Gasteiger partial charge in [-0.3, -0.25) is 9.59 Å². The molecule has 1 heterocycles. The predicted octanol–water partition coefficient (Wildman–Crippen LogP) is 5.78. The predicted molar refractivity (Wildman–Crippen MR) is 128 cm³/mol. The maximum absolute atomic E-state index is 12.9. The number of hydrogen-bond acceptors (Lipinski definition) is 6. The molecule has 0 radical (unpaired) electrons. The fourth-order valence-electron chi connectivity index (χ4n) is 3.33. The highest BCUT2D eigenvalue weighted by Crippen LogP contribution is 2.37. The van der Waals surface area contributed by atoms with E-state index in [2.05, 4.69) is 6.07 Å². The van der Waals surface area contributed by atoms with Crippen LogP contribution in [0.3, 0.4) is 0 Å². The molecule has 4 rings (SSSR count). The second kappa shape index (κ2) is 10.1. The first kappa shape index (κ1) is 22.2. The third-order valence-electron chi connectivity index (χ3n) is 4.89. The number of para-hydroxylation sites is 1. The SMILES string of the molecule is CCOc1cc(/C=C2\SC(=O)N(c3ccccc3)C2=O)ccc1OCc1ccccc1C#N. The van der Waals surface area contributed by atoms with Crippen LogP contribution in [0.15, 0.2) is 77.7 Å². The van der Waals surface area contributed by atoms with E-state index in [9.17, 15) is 14.9 Å². The number of thioether (sulfide) groups is 1. The number of amides is 2. The number of hydrogen-bond donors (Lipinski definition) is 0. The summed E-state index contributed by atoms with van der Waals surface area (Å²) in [6.45, 7) is 2.52. The number of anilines is 1. The Hall–Kier alpha value is -4.02. The topological polar surface area (TPSA) is 79.6 Å². The Morgan fingerprint density at radius 2 is 1.73 bits per heavy atom. The summed E-state index contributed by atoms with van der Waals surface area (Å²) < 4.78 is 11.7. The summed E-state index contributed by atoms with van der Waals surface area (Å²) >= 11 is 0.902. The molecule has 0 unspecified atom stereocenters. The van der Waals surface area contributed by atoms with Crippen LogP contribution in [0.25, 0.3) is 6.08 Å². The standard InChI is InChI=1S/C26H20N2O4S/c1-2-31-23-14-18(12-13-22(23)32-17-20-9-7-6-8-19(20)16-27)15-24-25(29)28(26(30)33-24)21-10-4-3-5-11-21/h3-15H,2,17H2,1H3/b24-15-. The smallest absolute Gasteiger partial charge is 0.298 e. The van der Waals surface area contributed by atoms with E-state index in [0.29, 0.717) is 39.8 Å². The molecule has 164 valence electrons. The van der Waals surface area contributed by atoms with Gasteiger partial charge in [0.05, 0.1) is 28.8 Å². The third-order valence-corrected chi connectivity index (χ3v) is 5.76. The van der Waals surface area contributed by atoms with Gasteiger partial charge < -0.3 is 9.47 Å². The van der Waals surface area contributed by atoms with Crippen molar-refractivity contribution in [2.24, 2.45) is 0 Å². The van der Waals surface area contributed by atoms with Gasteiger partial charge in [-0.2, -0.15) is 5.26 Å². The molecule has 3 aromatic carbocycles. The molecule has 6 nitrogen and oxygen atoms in total. The third kappa shape index (κ3) is 4.92. The van der Waals surface area contributed by atoms with Crippen LogP contribution in [0.1, 0.15) is 23.6 Å². The number of ether oxygens (including phenoxy) is 2. The van der Waals surface area contributed by atoms with E-state index < -0.39 is 0 Å². The van der Waals surface area contributed by atoms with Gasteiger partial charge in [-0.1, -0.05) is 42.5 Å². The maximum atomic E-state index is 12.9. The summed E-state index contributed by atoms with van der Waals surface area (Å²) in [5.74, 6) is 0.685. The number of carbonyl (C=O) groups is 2. The molecular formula is C26H20N2O4S. The summed E-state index contributed by atoms with van der Waals surface area (Å²) in [6, 6.07) is 23.6. The molecule has 33 heavy (non-hydrogen) atoms. The van der Waals surface area contributed by atoms with E-state index in [0.717, 1.165) is 17.3 Å². The normalized spacial score (nSPS) is 14.4. The summed E-state index contributed by atoms with van der Waals surface area (Å²) in [6.07, 6.45) is 1.67. The van der Waals surface area contributed by atoms with Crippen LogP contribution < -0.4 is 14.4 Å². The van der Waals surface area contributed by atoms with E-state index in [4.69, 9.17) is 9.47 Å². The van der Waals surface area contributed by atoms with Crippen LogP contribution in [0, 0.1) is 11.3 Å². The van der Waals surface area contributed by atoms with Crippen molar-refractivity contribution in [2.75, 3.05) is 11.5 Å². The van der Waals surface area contributed by atoms with Crippen LogP contribution in [0.5, 0.6) is 11.5 Å². The number of imide groups is 1. The highest BCUT2D eigenvalue weighted by Gasteiger charge is 2.36. The van der Waals surface area contributed by atoms with Crippen molar-refractivity contribution < 1.29 is 19.1 Å². The van der Waals surface area contributed by atoms with Gasteiger partial charge >= 0.3 is 0 Å². The van der Waals surface area contributed by atoms with E-state index in [-0.39, 0.29) is 17.8 Å². The summed E-state index contributed by atoms with van der Waals surface area (Å²) in [4.78, 5) is 26.8. The van der Waals surface area contributed by atoms with Crippen molar-refractivity contribution in [3.8, 4) is 17.6 Å². The summed E-state index contributed by atoms with van der Waals surface area (Å²) in [5, 5.41) is 8.93. The lowest BCUT2D eigenvalue weighted by Gasteiger charge is -2.13. The second-order valence-corrected chi connectivity index (χ2v) is 8.04. The molecule has 0 bridgehead atoms. The molecular weight excluding hydrogens is 436 g/mol. The van der Waals surface area contributed by atoms with Crippen molar-refractivity contribution >= 4 is 34.7 Å². The van der Waals surface area contributed by atoms with Gasteiger partial charge in [-0.15, -0.1) is 0 Å². The Morgan fingerprint density at radius 3 is 2.48 bits per heavy atom. The van der Waals surface area contributed by atoms with Crippen molar-refractivity contribution in [2.45, 2.75) is 13.5 Å². The van der Waals surface area contributed by atoms with Gasteiger partial charge in [0.1, 0.15) is 6.61 Å². The number of benzene rings is 3. The summed E-state index contributed by atoms with van der Waals surface area (Å²) in [5.41, 5.74) is 2.59. The van der Waals surface area contributed by atoms with Gasteiger partial charge in [0, 0.05) is 5.56 Å². The molecule has 0 spiro atoms. The number of nitrogens with zero attached hydrogens (tertiary/aromatic N) is 2. The van der Waals surface area contributed by atoms with Gasteiger partial charge in [0.25, 0.3) is 11.1 Å². The Bertz CT molecular complexity index is 1260. The van der Waals surface area contributed by atoms with Crippen LogP contribution in [-0.2, 0) is 11.4 Å². The average molecular weight is 457 g/mol. The molecule has 1 aliphatic heterocycles. The quantitative estimate of drug-likeness (QED) is 0.420. The lowest BCUT2D eigenvalue weighted by Crippen LogP contribution is -2.27. The Balaban J connectivity index is 1.56. The molecule has 1 aliphatic rings. The Labute approximate surface area is 196 Å². The minimum Gasteiger partial charge on any atom is -0.490 e. The fraction of sp³-hybridized carbons (Fsp3) is 0.115. The largest absolute Gasteiger partial charge is 0.490 e. The molecule has 0 saturated carbocycles. The average Bonchev–Trinajstić information content (AvgIpc) is 3.12. The zero-order valence-electron chi connectivity index (χ0n) is 17.9. The molecule has 1 fully saturated rings. The van der Waals surface area contributed by atoms with E-state index >= 15 is 0 Å². The minimum atomic E-state index is -0.359. The van der Waals surface area contributed by atoms with Crippen LogP contribution in [0.2, 0.25) is 0 Å². The highest BCUT2D eigenvalue weighted by atomic mass is 32.2. The monoisotopic (exact) mass is 456 g/mol. The number of nitriles is 1. The number of rotatable bonds is 7. The lowest BCUT2D eigenvalue weighted by molar-refractivity contribution is -0.113. The molecule has 2 amide bonds. The molecule has 1 saturated heterocycles. The van der Waals surface area contributed by atoms with Crippen molar-refractivity contribution in [1.82, 2.24) is 0 Å². The molecule has 7 heteroatoms. The van der Waals surface area contributed by atoms with Crippen LogP contribution in [-0.4, -0.2) is 17.8 Å². The van der Waals surface area contributed by atoms with E-state index in [1.807, 2.05) is 31.2 Å². The fourth-order valence-corrected chi connectivity index (χ4v) is 4.17. The zero-order chi connectivity index (χ0) is 23.2. The molecule has 0 aliphatic carbocycles. The van der Waals surface area contributed by atoms with Crippen LogP contribution >= 0.6 is 11.8 Å². The summed E-state index contributed by atoms with van der Waals surface area (Å²) in [7, 11) is 0. The Kier molecular flexibility index (Phi) is 6.77. The number of carbonyl (C=O) groups excluding carboxylic acids is 2. The van der Waals surface area contributed by atoms with Crippen molar-refractivity contribution in [1.29, 1.82) is 5.26 Å². The first-order valence-corrected chi connectivity index (χ1v) is 11.1. The molecule has 0 aromatic heterocycles. The molecule has 0 atom stereocenters. The second-order valence-electron chi connectivity index (χ2n) is 7.05.